The quantitative estimate of drug-likeness (QED) is 0.651. The molecule has 78 valence electrons. The SMILES string of the molecule is C=C(C)C=C1CC1.C=Cc1ccccc1. The zero-order valence-electron chi connectivity index (χ0n) is 9.37. The molecule has 0 nitrogen and oxygen atoms in total. The van der Waals surface area contributed by atoms with Gasteiger partial charge in [0.15, 0.2) is 0 Å². The predicted octanol–water partition coefficient (Wildman–Crippen LogP) is 4.61. The van der Waals surface area contributed by atoms with Crippen molar-refractivity contribution in [3.8, 4) is 0 Å². The van der Waals surface area contributed by atoms with Gasteiger partial charge >= 0.3 is 0 Å². The second-order valence-corrected chi connectivity index (χ2v) is 3.76. The minimum Gasteiger partial charge on any atom is -0.0985 e. The summed E-state index contributed by atoms with van der Waals surface area (Å²) in [6.45, 7) is 9.42. The van der Waals surface area contributed by atoms with E-state index in [0.29, 0.717) is 0 Å². The number of hydrogen-bond acceptors (Lipinski definition) is 0. The summed E-state index contributed by atoms with van der Waals surface area (Å²) in [5.74, 6) is 0. The predicted molar refractivity (Wildman–Crippen MR) is 68.7 cm³/mol. The van der Waals surface area contributed by atoms with Crippen molar-refractivity contribution in [1.29, 1.82) is 0 Å². The Bertz CT molecular complexity index is 349. The number of benzene rings is 1. The van der Waals surface area contributed by atoms with Crippen LogP contribution in [0.3, 0.4) is 0 Å². The molecule has 0 saturated heterocycles. The lowest BCUT2D eigenvalue weighted by molar-refractivity contribution is 1.50. The van der Waals surface area contributed by atoms with Crippen molar-refractivity contribution < 1.29 is 0 Å². The molecule has 1 saturated carbocycles. The van der Waals surface area contributed by atoms with Gasteiger partial charge in [-0.15, -0.1) is 0 Å². The van der Waals surface area contributed by atoms with Gasteiger partial charge in [0.1, 0.15) is 0 Å². The van der Waals surface area contributed by atoms with Crippen LogP contribution in [0.1, 0.15) is 25.3 Å². The summed E-state index contributed by atoms with van der Waals surface area (Å²) < 4.78 is 0. The van der Waals surface area contributed by atoms with Crippen molar-refractivity contribution in [2.24, 2.45) is 0 Å². The largest absolute Gasteiger partial charge is 0.0985 e. The first kappa shape index (κ1) is 11.5. The Morgan fingerprint density at radius 2 is 1.80 bits per heavy atom. The summed E-state index contributed by atoms with van der Waals surface area (Å²) in [6, 6.07) is 10.0. The summed E-state index contributed by atoms with van der Waals surface area (Å²) >= 11 is 0. The smallest absolute Gasteiger partial charge is 0.0263 e. The fraction of sp³-hybridized carbons (Fsp3) is 0.200. The van der Waals surface area contributed by atoms with Gasteiger partial charge in [0.05, 0.1) is 0 Å². The molecular formula is C15H18. The minimum atomic E-state index is 1.17. The third-order valence-electron chi connectivity index (χ3n) is 2.02. The molecule has 0 radical (unpaired) electrons. The van der Waals surface area contributed by atoms with Gasteiger partial charge < -0.3 is 0 Å². The Kier molecular flexibility index (Phi) is 4.62. The van der Waals surface area contributed by atoms with E-state index in [-0.39, 0.29) is 0 Å². The van der Waals surface area contributed by atoms with Crippen molar-refractivity contribution in [2.75, 3.05) is 0 Å². The molecule has 0 unspecified atom stereocenters. The molecule has 0 atom stereocenters. The van der Waals surface area contributed by atoms with Crippen LogP contribution in [0.5, 0.6) is 0 Å². The highest BCUT2D eigenvalue weighted by Gasteiger charge is 2.08. The molecule has 2 rings (SSSR count). The summed E-state index contributed by atoms with van der Waals surface area (Å²) in [6.07, 6.45) is 6.62. The van der Waals surface area contributed by atoms with Crippen LogP contribution in [0, 0.1) is 0 Å². The van der Waals surface area contributed by atoms with Crippen molar-refractivity contribution in [3.05, 3.63) is 66.3 Å². The van der Waals surface area contributed by atoms with Gasteiger partial charge in [-0.1, -0.05) is 66.8 Å². The van der Waals surface area contributed by atoms with Crippen molar-refractivity contribution in [2.45, 2.75) is 19.8 Å². The maximum atomic E-state index is 3.76. The summed E-state index contributed by atoms with van der Waals surface area (Å²) in [4.78, 5) is 0. The van der Waals surface area contributed by atoms with Crippen LogP contribution in [-0.2, 0) is 0 Å². The summed E-state index contributed by atoms with van der Waals surface area (Å²) in [7, 11) is 0. The van der Waals surface area contributed by atoms with Crippen molar-refractivity contribution >= 4 is 6.08 Å². The van der Waals surface area contributed by atoms with Crippen LogP contribution in [0.25, 0.3) is 6.08 Å². The van der Waals surface area contributed by atoms with Gasteiger partial charge in [-0.2, -0.15) is 0 Å². The molecular weight excluding hydrogens is 180 g/mol. The topological polar surface area (TPSA) is 0 Å². The van der Waals surface area contributed by atoms with E-state index in [1.807, 2.05) is 43.3 Å². The lowest BCUT2D eigenvalue weighted by atomic mass is 10.2. The molecule has 0 bridgehead atoms. The highest BCUT2D eigenvalue weighted by molar-refractivity contribution is 5.45. The Labute approximate surface area is 92.6 Å². The molecule has 0 amide bonds. The monoisotopic (exact) mass is 198 g/mol. The zero-order valence-corrected chi connectivity index (χ0v) is 9.37. The lowest BCUT2D eigenvalue weighted by Gasteiger charge is -1.85. The fourth-order valence-electron chi connectivity index (χ4n) is 1.15. The standard InChI is InChI=1S/C8H8.C7H10/c1-2-8-6-4-3-5-7-8;1-6(2)5-7-3-4-7/h2-7H,1H2;5H,1,3-4H2,2H3. The third kappa shape index (κ3) is 5.69. The molecule has 0 aromatic heterocycles. The Morgan fingerprint density at radius 1 is 1.20 bits per heavy atom. The maximum absolute atomic E-state index is 3.76. The van der Waals surface area contributed by atoms with E-state index in [9.17, 15) is 0 Å². The number of rotatable bonds is 2. The second kappa shape index (κ2) is 6.02. The van der Waals surface area contributed by atoms with E-state index >= 15 is 0 Å². The van der Waals surface area contributed by atoms with Crippen molar-refractivity contribution in [3.63, 3.8) is 0 Å². The van der Waals surface area contributed by atoms with Crippen LogP contribution in [0.15, 0.2) is 60.7 Å². The van der Waals surface area contributed by atoms with Crippen LogP contribution < -0.4 is 0 Å². The van der Waals surface area contributed by atoms with Gasteiger partial charge in [-0.3, -0.25) is 0 Å². The van der Waals surface area contributed by atoms with Crippen molar-refractivity contribution in [1.82, 2.24) is 0 Å². The molecule has 0 heteroatoms. The van der Waals surface area contributed by atoms with Gasteiger partial charge in [-0.25, -0.2) is 0 Å². The molecule has 0 N–H and O–H groups in total. The first-order valence-electron chi connectivity index (χ1n) is 5.25. The third-order valence-corrected chi connectivity index (χ3v) is 2.02. The maximum Gasteiger partial charge on any atom is -0.0263 e. The van der Waals surface area contributed by atoms with E-state index in [2.05, 4.69) is 19.2 Å². The normalized spacial score (nSPS) is 12.2. The molecule has 0 spiro atoms. The molecule has 0 heterocycles. The van der Waals surface area contributed by atoms with E-state index in [0.717, 1.165) is 0 Å². The van der Waals surface area contributed by atoms with E-state index < -0.39 is 0 Å². The van der Waals surface area contributed by atoms with Crippen LogP contribution in [-0.4, -0.2) is 0 Å². The average Bonchev–Trinajstić information content (AvgIpc) is 3.03. The number of allylic oxidation sites excluding steroid dienone is 3. The highest BCUT2D eigenvalue weighted by Crippen LogP contribution is 2.28. The molecule has 15 heavy (non-hydrogen) atoms. The molecule has 1 aliphatic carbocycles. The van der Waals surface area contributed by atoms with E-state index in [1.54, 1.807) is 5.57 Å². The summed E-state index contributed by atoms with van der Waals surface area (Å²) in [5.41, 5.74) is 3.92. The van der Waals surface area contributed by atoms with Gasteiger partial charge in [0.2, 0.25) is 0 Å². The zero-order chi connectivity index (χ0) is 11.1. The van der Waals surface area contributed by atoms with E-state index in [4.69, 9.17) is 0 Å². The van der Waals surface area contributed by atoms with Gasteiger partial charge in [0, 0.05) is 0 Å². The fourth-order valence-corrected chi connectivity index (χ4v) is 1.15. The average molecular weight is 198 g/mol. The Morgan fingerprint density at radius 3 is 2.07 bits per heavy atom. The minimum absolute atomic E-state index is 1.17. The first-order valence-corrected chi connectivity index (χ1v) is 5.25. The van der Waals surface area contributed by atoms with E-state index in [1.165, 1.54) is 24.0 Å². The molecule has 1 fully saturated rings. The first-order chi connectivity index (χ1) is 7.22. The van der Waals surface area contributed by atoms with Crippen LogP contribution in [0.4, 0.5) is 0 Å². The molecule has 1 aromatic carbocycles. The lowest BCUT2D eigenvalue weighted by Crippen LogP contribution is -1.63. The molecule has 0 aliphatic heterocycles. The summed E-state index contributed by atoms with van der Waals surface area (Å²) in [5, 5.41) is 0. The highest BCUT2D eigenvalue weighted by atomic mass is 14.1. The molecule has 1 aromatic rings. The van der Waals surface area contributed by atoms with Crippen LogP contribution in [0.2, 0.25) is 0 Å². The Balaban J connectivity index is 0.000000151. The van der Waals surface area contributed by atoms with Crippen LogP contribution >= 0.6 is 0 Å². The number of hydrogen-bond donors (Lipinski definition) is 0. The Hall–Kier alpha value is -1.56. The second-order valence-electron chi connectivity index (χ2n) is 3.76. The molecule has 1 aliphatic rings. The van der Waals surface area contributed by atoms with Gasteiger partial charge in [-0.05, 0) is 25.3 Å². The van der Waals surface area contributed by atoms with Gasteiger partial charge in [0.25, 0.3) is 0 Å².